The molecule has 0 saturated carbocycles. The van der Waals surface area contributed by atoms with Crippen LogP contribution in [0.3, 0.4) is 0 Å². The molecule has 2 rings (SSSR count). The molecule has 0 radical (unpaired) electrons. The molecule has 0 amide bonds. The SMILES string of the molecule is O=C(O)c1ncccc1OCc1ccncc1. The molecule has 2 heterocycles. The van der Waals surface area contributed by atoms with Crippen LogP contribution < -0.4 is 4.74 Å². The minimum absolute atomic E-state index is 0.0819. The van der Waals surface area contributed by atoms with Gasteiger partial charge >= 0.3 is 5.97 Å². The van der Waals surface area contributed by atoms with Gasteiger partial charge in [0.1, 0.15) is 6.61 Å². The summed E-state index contributed by atoms with van der Waals surface area (Å²) in [4.78, 5) is 18.5. The zero-order valence-electron chi connectivity index (χ0n) is 8.91. The number of hydrogen-bond donors (Lipinski definition) is 1. The van der Waals surface area contributed by atoms with E-state index in [1.165, 1.54) is 6.20 Å². The van der Waals surface area contributed by atoms with Crippen LogP contribution >= 0.6 is 0 Å². The average molecular weight is 230 g/mol. The van der Waals surface area contributed by atoms with Crippen molar-refractivity contribution in [2.75, 3.05) is 0 Å². The highest BCUT2D eigenvalue weighted by Gasteiger charge is 2.11. The van der Waals surface area contributed by atoms with Crippen molar-refractivity contribution in [3.8, 4) is 5.75 Å². The number of carbonyl (C=O) groups is 1. The van der Waals surface area contributed by atoms with E-state index in [1.54, 1.807) is 36.7 Å². The second kappa shape index (κ2) is 5.07. The second-order valence-electron chi connectivity index (χ2n) is 3.30. The molecule has 2 aromatic rings. The summed E-state index contributed by atoms with van der Waals surface area (Å²) in [6.45, 7) is 0.286. The van der Waals surface area contributed by atoms with E-state index in [2.05, 4.69) is 9.97 Å². The molecule has 0 aliphatic rings. The molecular weight excluding hydrogens is 220 g/mol. The van der Waals surface area contributed by atoms with E-state index in [-0.39, 0.29) is 18.1 Å². The first-order valence-corrected chi connectivity index (χ1v) is 4.97. The monoisotopic (exact) mass is 230 g/mol. The molecule has 86 valence electrons. The highest BCUT2D eigenvalue weighted by atomic mass is 16.5. The number of hydrogen-bond acceptors (Lipinski definition) is 4. The molecule has 0 saturated heterocycles. The van der Waals surface area contributed by atoms with Crippen LogP contribution in [-0.4, -0.2) is 21.0 Å². The van der Waals surface area contributed by atoms with Gasteiger partial charge in [-0.2, -0.15) is 0 Å². The van der Waals surface area contributed by atoms with Gasteiger partial charge in [-0.25, -0.2) is 9.78 Å². The molecule has 0 spiro atoms. The highest BCUT2D eigenvalue weighted by molar-refractivity contribution is 5.88. The van der Waals surface area contributed by atoms with E-state index in [1.807, 2.05) is 0 Å². The van der Waals surface area contributed by atoms with E-state index in [4.69, 9.17) is 9.84 Å². The van der Waals surface area contributed by atoms with Crippen LogP contribution in [0.1, 0.15) is 16.1 Å². The van der Waals surface area contributed by atoms with E-state index in [0.29, 0.717) is 0 Å². The smallest absolute Gasteiger partial charge is 0.358 e. The minimum atomic E-state index is -1.10. The fraction of sp³-hybridized carbons (Fsp3) is 0.0833. The molecule has 0 unspecified atom stereocenters. The van der Waals surface area contributed by atoms with Crippen LogP contribution in [0, 0.1) is 0 Å². The third-order valence-electron chi connectivity index (χ3n) is 2.12. The third-order valence-corrected chi connectivity index (χ3v) is 2.12. The molecule has 1 N–H and O–H groups in total. The lowest BCUT2D eigenvalue weighted by Gasteiger charge is -2.07. The number of ether oxygens (including phenoxy) is 1. The van der Waals surface area contributed by atoms with Crippen LogP contribution in [0.4, 0.5) is 0 Å². The maximum atomic E-state index is 10.9. The number of aromatic carboxylic acids is 1. The largest absolute Gasteiger partial charge is 0.486 e. The number of aromatic nitrogens is 2. The van der Waals surface area contributed by atoms with Gasteiger partial charge in [0, 0.05) is 18.6 Å². The van der Waals surface area contributed by atoms with Crippen molar-refractivity contribution in [1.82, 2.24) is 9.97 Å². The summed E-state index contributed by atoms with van der Waals surface area (Å²) in [6, 6.07) is 6.82. The Balaban J connectivity index is 2.12. The molecule has 0 aromatic carbocycles. The molecule has 0 atom stereocenters. The lowest BCUT2D eigenvalue weighted by atomic mass is 10.3. The fourth-order valence-corrected chi connectivity index (χ4v) is 1.31. The lowest BCUT2D eigenvalue weighted by Crippen LogP contribution is -2.05. The van der Waals surface area contributed by atoms with Crippen molar-refractivity contribution in [2.45, 2.75) is 6.61 Å². The Morgan fingerprint density at radius 2 is 2.00 bits per heavy atom. The Kier molecular flexibility index (Phi) is 3.30. The van der Waals surface area contributed by atoms with Crippen LogP contribution in [0.2, 0.25) is 0 Å². The first-order valence-electron chi connectivity index (χ1n) is 4.97. The van der Waals surface area contributed by atoms with Gasteiger partial charge in [0.2, 0.25) is 0 Å². The van der Waals surface area contributed by atoms with Crippen molar-refractivity contribution < 1.29 is 14.6 Å². The molecule has 0 aliphatic carbocycles. The summed E-state index contributed by atoms with van der Waals surface area (Å²) >= 11 is 0. The molecule has 17 heavy (non-hydrogen) atoms. The zero-order chi connectivity index (χ0) is 12.1. The Bertz CT molecular complexity index is 514. The Hall–Kier alpha value is -2.43. The molecule has 5 nitrogen and oxygen atoms in total. The van der Waals surface area contributed by atoms with Gasteiger partial charge in [0.25, 0.3) is 0 Å². The van der Waals surface area contributed by atoms with Gasteiger partial charge in [-0.05, 0) is 29.8 Å². The van der Waals surface area contributed by atoms with Crippen LogP contribution in [0.5, 0.6) is 5.75 Å². The van der Waals surface area contributed by atoms with Crippen LogP contribution in [0.15, 0.2) is 42.9 Å². The summed E-state index contributed by atoms with van der Waals surface area (Å²) in [5, 5.41) is 8.91. The quantitative estimate of drug-likeness (QED) is 0.866. The van der Waals surface area contributed by atoms with Crippen molar-refractivity contribution in [3.05, 3.63) is 54.1 Å². The van der Waals surface area contributed by atoms with Crippen molar-refractivity contribution in [1.29, 1.82) is 0 Å². The molecule has 0 fully saturated rings. The summed E-state index contributed by atoms with van der Waals surface area (Å²) < 4.78 is 5.41. The highest BCUT2D eigenvalue weighted by Crippen LogP contribution is 2.16. The Morgan fingerprint density at radius 1 is 1.24 bits per heavy atom. The predicted octanol–water partition coefficient (Wildman–Crippen LogP) is 1.75. The Labute approximate surface area is 97.7 Å². The van der Waals surface area contributed by atoms with Crippen molar-refractivity contribution in [3.63, 3.8) is 0 Å². The van der Waals surface area contributed by atoms with Gasteiger partial charge in [0.05, 0.1) is 0 Å². The van der Waals surface area contributed by atoms with E-state index in [9.17, 15) is 4.79 Å². The first-order chi connectivity index (χ1) is 8.27. The van der Waals surface area contributed by atoms with E-state index in [0.717, 1.165) is 5.56 Å². The third kappa shape index (κ3) is 2.78. The summed E-state index contributed by atoms with van der Waals surface area (Å²) in [6.07, 6.45) is 4.73. The van der Waals surface area contributed by atoms with Gasteiger partial charge in [0.15, 0.2) is 11.4 Å². The Morgan fingerprint density at radius 3 is 2.71 bits per heavy atom. The summed E-state index contributed by atoms with van der Waals surface area (Å²) in [7, 11) is 0. The van der Waals surface area contributed by atoms with Gasteiger partial charge in [-0.1, -0.05) is 0 Å². The summed E-state index contributed by atoms with van der Waals surface area (Å²) in [5.74, 6) is -0.841. The van der Waals surface area contributed by atoms with Crippen molar-refractivity contribution >= 4 is 5.97 Å². The molecule has 5 heteroatoms. The normalized spacial score (nSPS) is 9.88. The fourth-order valence-electron chi connectivity index (χ4n) is 1.31. The number of pyridine rings is 2. The zero-order valence-corrected chi connectivity index (χ0v) is 8.91. The number of carboxylic acids is 1. The number of carboxylic acid groups (broad SMARTS) is 1. The lowest BCUT2D eigenvalue weighted by molar-refractivity contribution is 0.0685. The van der Waals surface area contributed by atoms with Crippen LogP contribution in [0.25, 0.3) is 0 Å². The topological polar surface area (TPSA) is 72.3 Å². The summed E-state index contributed by atoms with van der Waals surface area (Å²) in [5.41, 5.74) is 0.835. The first kappa shape index (κ1) is 11.1. The van der Waals surface area contributed by atoms with Gasteiger partial charge in [-0.3, -0.25) is 4.98 Å². The standard InChI is InChI=1S/C12H10N2O3/c15-12(16)11-10(2-1-5-14-11)17-8-9-3-6-13-7-4-9/h1-7H,8H2,(H,15,16). The molecular formula is C12H10N2O3. The number of rotatable bonds is 4. The van der Waals surface area contributed by atoms with Crippen LogP contribution in [-0.2, 0) is 6.61 Å². The second-order valence-corrected chi connectivity index (χ2v) is 3.30. The van der Waals surface area contributed by atoms with Gasteiger partial charge in [-0.15, -0.1) is 0 Å². The maximum Gasteiger partial charge on any atom is 0.358 e. The van der Waals surface area contributed by atoms with E-state index >= 15 is 0 Å². The van der Waals surface area contributed by atoms with Gasteiger partial charge < -0.3 is 9.84 Å². The molecule has 0 bridgehead atoms. The van der Waals surface area contributed by atoms with E-state index < -0.39 is 5.97 Å². The predicted molar refractivity (Wildman–Crippen MR) is 59.8 cm³/mol. The maximum absolute atomic E-state index is 10.9. The minimum Gasteiger partial charge on any atom is -0.486 e. The average Bonchev–Trinajstić information content (AvgIpc) is 2.38. The van der Waals surface area contributed by atoms with Crippen molar-refractivity contribution in [2.24, 2.45) is 0 Å². The molecule has 0 aliphatic heterocycles. The molecule has 2 aromatic heterocycles. The number of nitrogens with zero attached hydrogens (tertiary/aromatic N) is 2.